The number of aromatic nitrogens is 3. The van der Waals surface area contributed by atoms with Crippen LogP contribution in [0.2, 0.25) is 0 Å². The number of hydrogen-bond acceptors (Lipinski definition) is 13. The summed E-state index contributed by atoms with van der Waals surface area (Å²) in [4.78, 5) is 25.9. The second-order valence-electron chi connectivity index (χ2n) is 7.73. The van der Waals surface area contributed by atoms with Gasteiger partial charge in [0.1, 0.15) is 16.5 Å². The number of benzene rings is 1. The predicted octanol–water partition coefficient (Wildman–Crippen LogP) is 1.94. The van der Waals surface area contributed by atoms with E-state index < -0.39 is 28.5 Å². The standard InChI is InChI=1S/C22H28N6O6S2/c1-4-34-20(31)19-13(2)25-22(35-19)28-21-26-17(9-18(27-21)24-11-15(30)12-29)23-10-14-5-7-16(8-6-14)36(3,32)33/h5-9,15,29-30H,4,10-12H2,1-3H3,(H3,23,24,25,26,27,28). The average Bonchev–Trinajstić information content (AvgIpc) is 3.20. The molecule has 0 spiro atoms. The topological polar surface area (TPSA) is 176 Å². The van der Waals surface area contributed by atoms with Gasteiger partial charge < -0.3 is 25.6 Å². The smallest absolute Gasteiger partial charge is 0.350 e. The van der Waals surface area contributed by atoms with Crippen LogP contribution in [0, 0.1) is 6.92 Å². The third kappa shape index (κ3) is 7.58. The molecule has 0 aliphatic heterocycles. The van der Waals surface area contributed by atoms with Crippen LogP contribution >= 0.6 is 11.3 Å². The van der Waals surface area contributed by atoms with Crippen molar-refractivity contribution in [3.63, 3.8) is 0 Å². The number of carbonyl (C=O) groups is 1. The molecule has 3 rings (SSSR count). The number of aliphatic hydroxyl groups is 2. The van der Waals surface area contributed by atoms with Crippen LogP contribution in [0.3, 0.4) is 0 Å². The van der Waals surface area contributed by atoms with Crippen LogP contribution in [0.25, 0.3) is 0 Å². The molecule has 194 valence electrons. The second kappa shape index (κ2) is 12.1. The van der Waals surface area contributed by atoms with Crippen LogP contribution in [-0.2, 0) is 21.1 Å². The summed E-state index contributed by atoms with van der Waals surface area (Å²) in [5, 5.41) is 28.2. The highest BCUT2D eigenvalue weighted by atomic mass is 32.2. The Bertz CT molecular complexity index is 1300. The van der Waals surface area contributed by atoms with Crippen molar-refractivity contribution in [2.24, 2.45) is 0 Å². The van der Waals surface area contributed by atoms with Gasteiger partial charge in [0.15, 0.2) is 15.0 Å². The number of carbonyl (C=O) groups excluding carboxylic acids is 1. The Morgan fingerprint density at radius 2 is 1.81 bits per heavy atom. The lowest BCUT2D eigenvalue weighted by molar-refractivity contribution is 0.0531. The fourth-order valence-corrected chi connectivity index (χ4v) is 4.43. The van der Waals surface area contributed by atoms with Crippen LogP contribution < -0.4 is 16.0 Å². The van der Waals surface area contributed by atoms with Gasteiger partial charge in [0, 0.05) is 25.4 Å². The quantitative estimate of drug-likeness (QED) is 0.213. The van der Waals surface area contributed by atoms with Crippen LogP contribution in [0.4, 0.5) is 22.7 Å². The SMILES string of the molecule is CCOC(=O)c1sc(Nc2nc(NCc3ccc(S(C)(=O)=O)cc3)cc(NCC(O)CO)n2)nc1C. The van der Waals surface area contributed by atoms with Crippen molar-refractivity contribution in [3.05, 3.63) is 46.5 Å². The lowest BCUT2D eigenvalue weighted by atomic mass is 10.2. The number of aryl methyl sites for hydroxylation is 1. The summed E-state index contributed by atoms with van der Waals surface area (Å²) < 4.78 is 28.4. The molecule has 1 unspecified atom stereocenters. The van der Waals surface area contributed by atoms with Crippen molar-refractivity contribution >= 4 is 49.9 Å². The molecule has 5 N–H and O–H groups in total. The maximum absolute atomic E-state index is 12.1. The Balaban J connectivity index is 1.80. The van der Waals surface area contributed by atoms with E-state index in [1.54, 1.807) is 32.0 Å². The van der Waals surface area contributed by atoms with Crippen molar-refractivity contribution in [2.75, 3.05) is 42.0 Å². The van der Waals surface area contributed by atoms with Gasteiger partial charge in [-0.2, -0.15) is 9.97 Å². The maximum atomic E-state index is 12.1. The number of nitrogens with zero attached hydrogens (tertiary/aromatic N) is 3. The monoisotopic (exact) mass is 536 g/mol. The van der Waals surface area contributed by atoms with E-state index >= 15 is 0 Å². The van der Waals surface area contributed by atoms with E-state index in [9.17, 15) is 18.3 Å². The van der Waals surface area contributed by atoms with Gasteiger partial charge >= 0.3 is 5.97 Å². The number of thiazole rings is 1. The largest absolute Gasteiger partial charge is 0.462 e. The Hall–Kier alpha value is -3.33. The van der Waals surface area contributed by atoms with Crippen LogP contribution in [0.1, 0.15) is 27.9 Å². The molecule has 0 bridgehead atoms. The van der Waals surface area contributed by atoms with E-state index in [4.69, 9.17) is 9.84 Å². The fourth-order valence-electron chi connectivity index (χ4n) is 2.95. The highest BCUT2D eigenvalue weighted by Crippen LogP contribution is 2.26. The summed E-state index contributed by atoms with van der Waals surface area (Å²) in [5.41, 5.74) is 1.34. The molecule has 36 heavy (non-hydrogen) atoms. The summed E-state index contributed by atoms with van der Waals surface area (Å²) in [6.07, 6.45) is 0.173. The zero-order chi connectivity index (χ0) is 26.3. The Labute approximate surface area is 212 Å². The molecule has 0 aliphatic carbocycles. The molecular formula is C22H28N6O6S2. The van der Waals surface area contributed by atoms with Crippen LogP contribution in [-0.4, -0.2) is 71.7 Å². The Kier molecular flexibility index (Phi) is 9.14. The maximum Gasteiger partial charge on any atom is 0.350 e. The molecule has 0 fully saturated rings. The summed E-state index contributed by atoms with van der Waals surface area (Å²) in [6.45, 7) is 3.67. The minimum Gasteiger partial charge on any atom is -0.462 e. The third-order valence-electron chi connectivity index (χ3n) is 4.76. The first kappa shape index (κ1) is 27.3. The van der Waals surface area contributed by atoms with E-state index in [0.717, 1.165) is 23.2 Å². The molecule has 12 nitrogen and oxygen atoms in total. The number of esters is 1. The number of hydrogen-bond donors (Lipinski definition) is 5. The molecule has 3 aromatic rings. The van der Waals surface area contributed by atoms with Gasteiger partial charge in [-0.1, -0.05) is 23.5 Å². The molecule has 1 atom stereocenters. The summed E-state index contributed by atoms with van der Waals surface area (Å²) in [5.74, 6) is 0.519. The summed E-state index contributed by atoms with van der Waals surface area (Å²) in [7, 11) is -3.28. The second-order valence-corrected chi connectivity index (χ2v) is 10.7. The predicted molar refractivity (Wildman–Crippen MR) is 137 cm³/mol. The van der Waals surface area contributed by atoms with Gasteiger partial charge in [0.25, 0.3) is 0 Å². The van der Waals surface area contributed by atoms with Crippen LogP contribution in [0.15, 0.2) is 35.2 Å². The van der Waals surface area contributed by atoms with E-state index in [2.05, 4.69) is 30.9 Å². The molecular weight excluding hydrogens is 508 g/mol. The van der Waals surface area contributed by atoms with Gasteiger partial charge in [0.2, 0.25) is 5.95 Å². The molecule has 0 saturated heterocycles. The first-order valence-corrected chi connectivity index (χ1v) is 13.7. The number of rotatable bonds is 12. The Morgan fingerprint density at radius 1 is 1.14 bits per heavy atom. The van der Waals surface area contributed by atoms with E-state index in [1.165, 1.54) is 12.1 Å². The van der Waals surface area contributed by atoms with Gasteiger partial charge in [-0.3, -0.25) is 5.32 Å². The summed E-state index contributed by atoms with van der Waals surface area (Å²) >= 11 is 1.11. The van der Waals surface area contributed by atoms with Gasteiger partial charge in [-0.25, -0.2) is 18.2 Å². The summed E-state index contributed by atoms with van der Waals surface area (Å²) in [6, 6.07) is 8.10. The fraction of sp³-hybridized carbons (Fsp3) is 0.364. The van der Waals surface area contributed by atoms with Crippen molar-refractivity contribution < 1.29 is 28.2 Å². The van der Waals surface area contributed by atoms with E-state index in [0.29, 0.717) is 33.9 Å². The first-order chi connectivity index (χ1) is 17.1. The minimum absolute atomic E-state index is 0.0582. The molecule has 0 aliphatic rings. The number of sulfone groups is 1. The third-order valence-corrected chi connectivity index (χ3v) is 6.94. The number of aliphatic hydroxyl groups excluding tert-OH is 2. The van der Waals surface area contributed by atoms with Crippen molar-refractivity contribution in [1.82, 2.24) is 15.0 Å². The molecule has 2 aromatic heterocycles. The lowest BCUT2D eigenvalue weighted by Crippen LogP contribution is -2.23. The first-order valence-electron chi connectivity index (χ1n) is 10.9. The molecule has 0 amide bonds. The average molecular weight is 537 g/mol. The number of ether oxygens (including phenoxy) is 1. The molecule has 1 aromatic carbocycles. The van der Waals surface area contributed by atoms with Crippen molar-refractivity contribution in [3.8, 4) is 0 Å². The normalized spacial score (nSPS) is 12.1. The molecule has 2 heterocycles. The highest BCUT2D eigenvalue weighted by Gasteiger charge is 2.17. The van der Waals surface area contributed by atoms with Crippen LogP contribution in [0.5, 0.6) is 0 Å². The van der Waals surface area contributed by atoms with E-state index in [1.807, 2.05) is 0 Å². The zero-order valence-corrected chi connectivity index (χ0v) is 21.6. The van der Waals surface area contributed by atoms with Gasteiger partial charge in [-0.05, 0) is 31.5 Å². The highest BCUT2D eigenvalue weighted by molar-refractivity contribution is 7.90. The lowest BCUT2D eigenvalue weighted by Gasteiger charge is -2.13. The Morgan fingerprint density at radius 3 is 2.42 bits per heavy atom. The van der Waals surface area contributed by atoms with E-state index in [-0.39, 0.29) is 24.0 Å². The van der Waals surface area contributed by atoms with Gasteiger partial charge in [-0.15, -0.1) is 0 Å². The molecule has 14 heteroatoms. The number of anilines is 4. The molecule has 0 radical (unpaired) electrons. The zero-order valence-electron chi connectivity index (χ0n) is 20.0. The number of nitrogens with one attached hydrogen (secondary N) is 3. The van der Waals surface area contributed by atoms with Crippen molar-refractivity contribution in [2.45, 2.75) is 31.4 Å². The molecule has 0 saturated carbocycles. The van der Waals surface area contributed by atoms with Gasteiger partial charge in [0.05, 0.1) is 29.9 Å². The van der Waals surface area contributed by atoms with Crippen molar-refractivity contribution in [1.29, 1.82) is 0 Å². The minimum atomic E-state index is -3.28.